The van der Waals surface area contributed by atoms with Crippen molar-refractivity contribution >= 4 is 21.9 Å². The van der Waals surface area contributed by atoms with Crippen molar-refractivity contribution in [2.45, 2.75) is 63.9 Å². The zero-order chi connectivity index (χ0) is 28.6. The van der Waals surface area contributed by atoms with Gasteiger partial charge in [0.15, 0.2) is 0 Å². The summed E-state index contributed by atoms with van der Waals surface area (Å²) in [6.07, 6.45) is 1.38. The molecule has 7 nitrogen and oxygen atoms in total. The van der Waals surface area contributed by atoms with Gasteiger partial charge in [-0.15, -0.1) is 0 Å². The molecule has 3 rings (SSSR count). The normalized spacial score (nSPS) is 13.8. The number of esters is 1. The van der Waals surface area contributed by atoms with Crippen LogP contribution in [0.1, 0.15) is 55.0 Å². The lowest BCUT2D eigenvalue weighted by molar-refractivity contribution is -0.144. The highest BCUT2D eigenvalue weighted by Gasteiger charge is 2.33. The van der Waals surface area contributed by atoms with E-state index in [0.717, 1.165) is 16.7 Å². The van der Waals surface area contributed by atoms with Crippen molar-refractivity contribution in [3.63, 3.8) is 0 Å². The van der Waals surface area contributed by atoms with Crippen LogP contribution >= 0.6 is 0 Å². The molecule has 3 aromatic rings. The number of ether oxygens (including phenoxy) is 1. The van der Waals surface area contributed by atoms with Crippen molar-refractivity contribution in [1.29, 1.82) is 0 Å². The first kappa shape index (κ1) is 30.1. The van der Waals surface area contributed by atoms with Crippen LogP contribution in [-0.2, 0) is 37.2 Å². The second kappa shape index (κ2) is 13.5. The predicted octanol–water partition coefficient (Wildman–Crippen LogP) is 4.55. The molecule has 0 aliphatic heterocycles. The minimum Gasteiger partial charge on any atom is -0.467 e. The summed E-state index contributed by atoms with van der Waals surface area (Å²) in [6, 6.07) is 21.2. The van der Waals surface area contributed by atoms with Crippen LogP contribution in [0, 0.1) is 12.8 Å². The quantitative estimate of drug-likeness (QED) is 0.322. The summed E-state index contributed by atoms with van der Waals surface area (Å²) in [4.78, 5) is 25.3. The van der Waals surface area contributed by atoms with E-state index >= 15 is 0 Å². The van der Waals surface area contributed by atoms with E-state index in [0.29, 0.717) is 30.4 Å². The summed E-state index contributed by atoms with van der Waals surface area (Å²) in [7, 11) is -2.93. The number of rotatable bonds is 12. The van der Waals surface area contributed by atoms with E-state index in [4.69, 9.17) is 4.74 Å². The molecule has 8 heteroatoms. The van der Waals surface area contributed by atoms with E-state index < -0.39 is 34.0 Å². The van der Waals surface area contributed by atoms with Crippen LogP contribution in [0.2, 0.25) is 0 Å². The summed E-state index contributed by atoms with van der Waals surface area (Å²) in [6.45, 7) is 7.15. The molecule has 0 aromatic heterocycles. The Morgan fingerprint density at radius 3 is 1.79 bits per heavy atom. The third-order valence-corrected chi connectivity index (χ3v) is 8.45. The molecule has 1 unspecified atom stereocenters. The van der Waals surface area contributed by atoms with Crippen LogP contribution in [0.4, 0.5) is 0 Å². The molecule has 3 aromatic carbocycles. The maximum atomic E-state index is 14.2. The Morgan fingerprint density at radius 2 is 1.36 bits per heavy atom. The average molecular weight is 551 g/mol. The van der Waals surface area contributed by atoms with Crippen molar-refractivity contribution in [1.82, 2.24) is 10.0 Å². The van der Waals surface area contributed by atoms with Gasteiger partial charge in [0.05, 0.1) is 12.0 Å². The highest BCUT2D eigenvalue weighted by molar-refractivity contribution is 7.89. The molecule has 3 atom stereocenters. The Balaban J connectivity index is 2.09. The molecule has 0 spiro atoms. The summed E-state index contributed by atoms with van der Waals surface area (Å²) in [5.41, 5.74) is 4.23. The van der Waals surface area contributed by atoms with Crippen molar-refractivity contribution in [2.75, 3.05) is 7.11 Å². The van der Waals surface area contributed by atoms with Crippen molar-refractivity contribution in [3.8, 4) is 0 Å². The molecule has 0 saturated heterocycles. The molecular weight excluding hydrogens is 512 g/mol. The van der Waals surface area contributed by atoms with Crippen molar-refractivity contribution < 1.29 is 22.7 Å². The zero-order valence-corrected chi connectivity index (χ0v) is 24.0. The van der Waals surface area contributed by atoms with Gasteiger partial charge in [-0.25, -0.2) is 13.2 Å². The molecule has 208 valence electrons. The maximum absolute atomic E-state index is 14.2. The third-order valence-electron chi connectivity index (χ3n) is 6.82. The molecule has 2 N–H and O–H groups in total. The number of nitrogens with one attached hydrogen (secondary N) is 2. The van der Waals surface area contributed by atoms with Crippen LogP contribution < -0.4 is 10.0 Å². The standard InChI is InChI=1S/C31H38N2O5S/c1-6-22(3)28(30(34)32-23(4)31(35)38-5)33-39(36,37)29-26(19-24-13-9-7-10-14-24)17-21(2)18-27(29)20-25-15-11-8-12-16-25/h7-18,22-23,28,33H,6,19-20H2,1-5H3,(H,32,34)/t22?,23-,28+/m1/s1. The Bertz CT molecular complexity index is 1310. The van der Waals surface area contributed by atoms with Gasteiger partial charge in [0.2, 0.25) is 15.9 Å². The Labute approximate surface area is 232 Å². The van der Waals surface area contributed by atoms with E-state index in [2.05, 4.69) is 10.0 Å². The smallest absolute Gasteiger partial charge is 0.328 e. The summed E-state index contributed by atoms with van der Waals surface area (Å²) >= 11 is 0. The average Bonchev–Trinajstić information content (AvgIpc) is 2.91. The number of carbonyl (C=O) groups excluding carboxylic acids is 2. The number of benzene rings is 3. The van der Waals surface area contributed by atoms with Crippen molar-refractivity contribution in [3.05, 3.63) is 101 Å². The first-order valence-electron chi connectivity index (χ1n) is 13.2. The van der Waals surface area contributed by atoms with Gasteiger partial charge >= 0.3 is 5.97 Å². The molecule has 0 saturated carbocycles. The minimum absolute atomic E-state index is 0.183. The Hall–Kier alpha value is -3.49. The second-order valence-corrected chi connectivity index (χ2v) is 11.6. The zero-order valence-electron chi connectivity index (χ0n) is 23.2. The molecule has 1 amide bonds. The lowest BCUT2D eigenvalue weighted by atomic mass is 9.96. The van der Waals surface area contributed by atoms with Crippen LogP contribution in [0.5, 0.6) is 0 Å². The molecule has 0 radical (unpaired) electrons. The largest absolute Gasteiger partial charge is 0.467 e. The number of hydrogen-bond donors (Lipinski definition) is 2. The van der Waals surface area contributed by atoms with Gasteiger partial charge < -0.3 is 10.1 Å². The van der Waals surface area contributed by atoms with Crippen molar-refractivity contribution in [2.24, 2.45) is 5.92 Å². The van der Waals surface area contributed by atoms with E-state index in [1.807, 2.05) is 86.6 Å². The molecule has 0 aliphatic carbocycles. The monoisotopic (exact) mass is 550 g/mol. The van der Waals surface area contributed by atoms with Gasteiger partial charge in [0.25, 0.3) is 0 Å². The molecule has 0 bridgehead atoms. The van der Waals surface area contributed by atoms with Crippen LogP contribution in [0.25, 0.3) is 0 Å². The van der Waals surface area contributed by atoms with E-state index in [1.165, 1.54) is 14.0 Å². The fourth-order valence-electron chi connectivity index (χ4n) is 4.60. The minimum atomic E-state index is -4.17. The highest BCUT2D eigenvalue weighted by Crippen LogP contribution is 2.28. The van der Waals surface area contributed by atoms with Crippen LogP contribution in [0.15, 0.2) is 77.7 Å². The number of hydrogen-bond acceptors (Lipinski definition) is 5. The number of methoxy groups -OCH3 is 1. The Morgan fingerprint density at radius 1 is 0.872 bits per heavy atom. The molecule has 0 aliphatic rings. The van der Waals surface area contributed by atoms with Gasteiger partial charge in [-0.2, -0.15) is 4.72 Å². The second-order valence-electron chi connectivity index (χ2n) is 9.97. The molecule has 39 heavy (non-hydrogen) atoms. The van der Waals surface area contributed by atoms with E-state index in [9.17, 15) is 18.0 Å². The number of amides is 1. The first-order chi connectivity index (χ1) is 18.6. The van der Waals surface area contributed by atoms with E-state index in [1.54, 1.807) is 6.92 Å². The first-order valence-corrected chi connectivity index (χ1v) is 14.6. The van der Waals surface area contributed by atoms with Gasteiger partial charge in [0, 0.05) is 0 Å². The number of aryl methyl sites for hydroxylation is 1. The fourth-order valence-corrected chi connectivity index (χ4v) is 6.34. The van der Waals surface area contributed by atoms with Gasteiger partial charge in [-0.3, -0.25) is 4.79 Å². The van der Waals surface area contributed by atoms with Gasteiger partial charge in [0.1, 0.15) is 12.1 Å². The molecular formula is C31H38N2O5S. The SMILES string of the molecule is CCC(C)[C@H](NS(=O)(=O)c1c(Cc2ccccc2)cc(C)cc1Cc1ccccc1)C(=O)N[C@H](C)C(=O)OC. The lowest BCUT2D eigenvalue weighted by Gasteiger charge is -2.26. The summed E-state index contributed by atoms with van der Waals surface area (Å²) in [5.74, 6) is -1.51. The number of carbonyl (C=O) groups is 2. The molecule has 0 heterocycles. The third kappa shape index (κ3) is 8.00. The van der Waals surface area contributed by atoms with Gasteiger partial charge in [-0.05, 0) is 54.9 Å². The predicted molar refractivity (Wildman–Crippen MR) is 153 cm³/mol. The Kier molecular flexibility index (Phi) is 10.4. The fraction of sp³-hybridized carbons (Fsp3) is 0.355. The summed E-state index contributed by atoms with van der Waals surface area (Å²) < 4.78 is 35.8. The lowest BCUT2D eigenvalue weighted by Crippen LogP contribution is -2.53. The van der Waals surface area contributed by atoms with Crippen LogP contribution in [-0.4, -0.2) is 39.5 Å². The topological polar surface area (TPSA) is 102 Å². The highest BCUT2D eigenvalue weighted by atomic mass is 32.2. The molecule has 0 fully saturated rings. The van der Waals surface area contributed by atoms with Crippen LogP contribution in [0.3, 0.4) is 0 Å². The maximum Gasteiger partial charge on any atom is 0.328 e. The number of sulfonamides is 1. The van der Waals surface area contributed by atoms with E-state index in [-0.39, 0.29) is 10.8 Å². The summed E-state index contributed by atoms with van der Waals surface area (Å²) in [5, 5.41) is 2.60. The van der Waals surface area contributed by atoms with Gasteiger partial charge in [-0.1, -0.05) is 98.6 Å².